The number of benzene rings is 2. The van der Waals surface area contributed by atoms with Crippen molar-refractivity contribution in [1.29, 1.82) is 5.26 Å². The van der Waals surface area contributed by atoms with Crippen molar-refractivity contribution in [2.45, 2.75) is 0 Å². The van der Waals surface area contributed by atoms with E-state index in [2.05, 4.69) is 15.3 Å². The number of anilines is 3. The molecule has 1 aromatic heterocycles. The molecule has 3 aromatic rings. The molecule has 0 atom stereocenters. The average molecular weight is 381 g/mol. The van der Waals surface area contributed by atoms with Crippen LogP contribution in [0.3, 0.4) is 0 Å². The molecule has 0 spiro atoms. The standard InChI is InChI=1S/C19H13F2N5O2/c1-28-12-6-13(20)17(14(21)7-12)18(27)15-8-16(23)26-19(25-15)24-11-4-2-10(9-22)3-5-11/h2-8H,1H3,(H3,23,24,25,26). The smallest absolute Gasteiger partial charge is 0.229 e. The summed E-state index contributed by atoms with van der Waals surface area (Å²) in [5.74, 6) is -3.32. The monoisotopic (exact) mass is 381 g/mol. The number of hydrogen-bond acceptors (Lipinski definition) is 7. The van der Waals surface area contributed by atoms with Crippen LogP contribution in [0.1, 0.15) is 21.6 Å². The zero-order valence-electron chi connectivity index (χ0n) is 14.5. The topological polar surface area (TPSA) is 114 Å². The van der Waals surface area contributed by atoms with Gasteiger partial charge in [-0.3, -0.25) is 4.79 Å². The first-order chi connectivity index (χ1) is 13.4. The lowest BCUT2D eigenvalue weighted by Gasteiger charge is -2.09. The van der Waals surface area contributed by atoms with E-state index >= 15 is 0 Å². The second-order valence-electron chi connectivity index (χ2n) is 5.61. The molecule has 0 bridgehead atoms. The SMILES string of the molecule is COc1cc(F)c(C(=O)c2cc(N)nc(Nc3ccc(C#N)cc3)n2)c(F)c1. The first-order valence-electron chi connectivity index (χ1n) is 7.90. The van der Waals surface area contributed by atoms with Gasteiger partial charge in [-0.05, 0) is 24.3 Å². The number of carbonyl (C=O) groups excluding carboxylic acids is 1. The summed E-state index contributed by atoms with van der Waals surface area (Å²) in [6.07, 6.45) is 0. The predicted molar refractivity (Wildman–Crippen MR) is 97.2 cm³/mol. The molecule has 0 aliphatic carbocycles. The molecule has 28 heavy (non-hydrogen) atoms. The predicted octanol–water partition coefficient (Wildman–Crippen LogP) is 3.19. The van der Waals surface area contributed by atoms with Gasteiger partial charge in [-0.1, -0.05) is 0 Å². The minimum atomic E-state index is -1.08. The molecule has 0 aliphatic heterocycles. The Morgan fingerprint density at radius 3 is 2.36 bits per heavy atom. The maximum Gasteiger partial charge on any atom is 0.229 e. The summed E-state index contributed by atoms with van der Waals surface area (Å²) in [7, 11) is 1.25. The van der Waals surface area contributed by atoms with Crippen LogP contribution in [0.25, 0.3) is 0 Å². The van der Waals surface area contributed by atoms with Gasteiger partial charge in [-0.25, -0.2) is 13.8 Å². The highest BCUT2D eigenvalue weighted by atomic mass is 19.1. The number of halogens is 2. The number of ketones is 1. The summed E-state index contributed by atoms with van der Waals surface area (Å²) in [4.78, 5) is 20.5. The maximum absolute atomic E-state index is 14.2. The number of aromatic nitrogens is 2. The van der Waals surface area contributed by atoms with Crippen LogP contribution in [0, 0.1) is 23.0 Å². The van der Waals surface area contributed by atoms with Crippen LogP contribution in [0.5, 0.6) is 5.75 Å². The summed E-state index contributed by atoms with van der Waals surface area (Å²) in [5, 5.41) is 11.6. The average Bonchev–Trinajstić information content (AvgIpc) is 2.67. The summed E-state index contributed by atoms with van der Waals surface area (Å²) >= 11 is 0. The number of nitriles is 1. The molecular weight excluding hydrogens is 368 g/mol. The van der Waals surface area contributed by atoms with Crippen LogP contribution in [0.4, 0.5) is 26.2 Å². The quantitative estimate of drug-likeness (QED) is 0.652. The van der Waals surface area contributed by atoms with Gasteiger partial charge >= 0.3 is 0 Å². The van der Waals surface area contributed by atoms with Crippen LogP contribution in [-0.4, -0.2) is 22.9 Å². The molecule has 7 nitrogen and oxygen atoms in total. The van der Waals surface area contributed by atoms with Gasteiger partial charge < -0.3 is 15.8 Å². The lowest BCUT2D eigenvalue weighted by Crippen LogP contribution is -2.12. The number of nitrogens with one attached hydrogen (secondary N) is 1. The lowest BCUT2D eigenvalue weighted by atomic mass is 10.1. The Kier molecular flexibility index (Phi) is 5.13. The van der Waals surface area contributed by atoms with Gasteiger partial charge in [0.15, 0.2) is 0 Å². The van der Waals surface area contributed by atoms with E-state index in [0.29, 0.717) is 11.3 Å². The van der Waals surface area contributed by atoms with E-state index in [1.807, 2.05) is 6.07 Å². The van der Waals surface area contributed by atoms with Crippen molar-refractivity contribution in [3.05, 3.63) is 70.9 Å². The molecule has 0 amide bonds. The Morgan fingerprint density at radius 2 is 1.79 bits per heavy atom. The van der Waals surface area contributed by atoms with Crippen LogP contribution >= 0.6 is 0 Å². The molecule has 1 heterocycles. The second kappa shape index (κ2) is 7.67. The van der Waals surface area contributed by atoms with Gasteiger partial charge in [-0.15, -0.1) is 0 Å². The third-order valence-electron chi connectivity index (χ3n) is 3.73. The third-order valence-corrected chi connectivity index (χ3v) is 3.73. The van der Waals surface area contributed by atoms with E-state index in [1.54, 1.807) is 24.3 Å². The highest BCUT2D eigenvalue weighted by Crippen LogP contribution is 2.24. The molecule has 0 saturated carbocycles. The summed E-state index contributed by atoms with van der Waals surface area (Å²) in [6.45, 7) is 0. The fraction of sp³-hybridized carbons (Fsp3) is 0.0526. The van der Waals surface area contributed by atoms with Gasteiger partial charge in [-0.2, -0.15) is 10.2 Å². The molecule has 3 N–H and O–H groups in total. The third kappa shape index (κ3) is 3.86. The highest BCUT2D eigenvalue weighted by molar-refractivity contribution is 6.08. The molecule has 0 saturated heterocycles. The molecule has 3 rings (SSSR count). The number of nitrogens with zero attached hydrogens (tertiary/aromatic N) is 3. The van der Waals surface area contributed by atoms with E-state index < -0.39 is 23.0 Å². The number of nitrogens with two attached hydrogens (primary N) is 1. The van der Waals surface area contributed by atoms with Crippen LogP contribution < -0.4 is 15.8 Å². The van der Waals surface area contributed by atoms with Crippen molar-refractivity contribution >= 4 is 23.2 Å². The fourth-order valence-corrected chi connectivity index (χ4v) is 2.41. The van der Waals surface area contributed by atoms with Crippen molar-refractivity contribution in [3.63, 3.8) is 0 Å². The Balaban J connectivity index is 1.95. The van der Waals surface area contributed by atoms with E-state index in [4.69, 9.17) is 15.7 Å². The molecule has 0 fully saturated rings. The Labute approximate surface area is 158 Å². The van der Waals surface area contributed by atoms with Crippen LogP contribution in [0.2, 0.25) is 0 Å². The van der Waals surface area contributed by atoms with Crippen molar-refractivity contribution in [3.8, 4) is 11.8 Å². The van der Waals surface area contributed by atoms with Crippen molar-refractivity contribution in [2.75, 3.05) is 18.2 Å². The van der Waals surface area contributed by atoms with Crippen molar-refractivity contribution in [2.24, 2.45) is 0 Å². The first-order valence-corrected chi connectivity index (χ1v) is 7.90. The van der Waals surface area contributed by atoms with Gasteiger partial charge in [0.25, 0.3) is 0 Å². The van der Waals surface area contributed by atoms with Gasteiger partial charge in [0.1, 0.15) is 28.9 Å². The molecule has 0 aliphatic rings. The lowest BCUT2D eigenvalue weighted by molar-refractivity contribution is 0.102. The normalized spacial score (nSPS) is 10.2. The Morgan fingerprint density at radius 1 is 1.14 bits per heavy atom. The summed E-state index contributed by atoms with van der Waals surface area (Å²) in [5.41, 5.74) is 5.63. The zero-order valence-corrected chi connectivity index (χ0v) is 14.5. The van der Waals surface area contributed by atoms with Gasteiger partial charge in [0.05, 0.1) is 24.3 Å². The minimum absolute atomic E-state index is 0.0395. The summed E-state index contributed by atoms with van der Waals surface area (Å²) < 4.78 is 33.2. The first kappa shape index (κ1) is 18.7. The molecular formula is C19H13F2N5O2. The number of methoxy groups -OCH3 is 1. The fourth-order valence-electron chi connectivity index (χ4n) is 2.41. The molecule has 0 unspecified atom stereocenters. The number of rotatable bonds is 5. The van der Waals surface area contributed by atoms with Crippen molar-refractivity contribution in [1.82, 2.24) is 9.97 Å². The van der Waals surface area contributed by atoms with E-state index in [-0.39, 0.29) is 23.2 Å². The van der Waals surface area contributed by atoms with Crippen molar-refractivity contribution < 1.29 is 18.3 Å². The maximum atomic E-state index is 14.2. The molecule has 140 valence electrons. The number of hydrogen-bond donors (Lipinski definition) is 2. The van der Waals surface area contributed by atoms with E-state index in [1.165, 1.54) is 7.11 Å². The highest BCUT2D eigenvalue weighted by Gasteiger charge is 2.23. The molecule has 0 radical (unpaired) electrons. The van der Waals surface area contributed by atoms with Gasteiger partial charge in [0.2, 0.25) is 11.7 Å². The number of ether oxygens (including phenoxy) is 1. The van der Waals surface area contributed by atoms with Gasteiger partial charge in [0, 0.05) is 23.9 Å². The summed E-state index contributed by atoms with van der Waals surface area (Å²) in [6, 6.07) is 11.3. The Hall–Kier alpha value is -4.06. The van der Waals surface area contributed by atoms with Crippen LogP contribution in [-0.2, 0) is 0 Å². The van der Waals surface area contributed by atoms with Crippen LogP contribution in [0.15, 0.2) is 42.5 Å². The number of nitrogen functional groups attached to an aromatic ring is 1. The minimum Gasteiger partial charge on any atom is -0.497 e. The molecule has 2 aromatic carbocycles. The largest absolute Gasteiger partial charge is 0.497 e. The number of carbonyl (C=O) groups is 1. The van der Waals surface area contributed by atoms with E-state index in [0.717, 1.165) is 18.2 Å². The second-order valence-corrected chi connectivity index (χ2v) is 5.61. The molecule has 9 heteroatoms. The zero-order chi connectivity index (χ0) is 20.3. The van der Waals surface area contributed by atoms with E-state index in [9.17, 15) is 13.6 Å². The Bertz CT molecular complexity index is 1070.